The Morgan fingerprint density at radius 1 is 0.950 bits per heavy atom. The average Bonchev–Trinajstić information content (AvgIpc) is 2.76. The second kappa shape index (κ2) is 4.04. The molecule has 0 N–H and O–H groups in total. The van der Waals surface area contributed by atoms with E-state index >= 15 is 0 Å². The molecule has 1 atom stereocenters. The SMILES string of the molecule is O=C1C(=O)N2CCC(c3ccccc3)c3cccc1c32. The highest BCUT2D eigenvalue weighted by Gasteiger charge is 2.41. The number of carbonyl (C=O) groups excluding carboxylic acids is 2. The van der Waals surface area contributed by atoms with Gasteiger partial charge in [0, 0.05) is 12.5 Å². The molecule has 3 nitrogen and oxygen atoms in total. The fraction of sp³-hybridized carbons (Fsp3) is 0.176. The largest absolute Gasteiger partial charge is 0.304 e. The number of hydrogen-bond donors (Lipinski definition) is 0. The van der Waals surface area contributed by atoms with E-state index in [1.54, 1.807) is 11.0 Å². The Kier molecular flexibility index (Phi) is 2.30. The van der Waals surface area contributed by atoms with E-state index in [0.717, 1.165) is 17.7 Å². The van der Waals surface area contributed by atoms with Crippen molar-refractivity contribution in [2.45, 2.75) is 12.3 Å². The van der Waals surface area contributed by atoms with Gasteiger partial charge in [0.1, 0.15) is 0 Å². The maximum Gasteiger partial charge on any atom is 0.299 e. The number of carbonyl (C=O) groups is 2. The van der Waals surface area contributed by atoms with Gasteiger partial charge in [0.05, 0.1) is 11.3 Å². The molecule has 1 amide bonds. The van der Waals surface area contributed by atoms with E-state index in [4.69, 9.17) is 0 Å². The fourth-order valence-electron chi connectivity index (χ4n) is 3.32. The van der Waals surface area contributed by atoms with Crippen LogP contribution >= 0.6 is 0 Å². The molecule has 2 aromatic rings. The van der Waals surface area contributed by atoms with E-state index in [0.29, 0.717) is 12.1 Å². The third kappa shape index (κ3) is 1.40. The smallest absolute Gasteiger partial charge is 0.299 e. The summed E-state index contributed by atoms with van der Waals surface area (Å²) in [5, 5.41) is 0. The van der Waals surface area contributed by atoms with Crippen LogP contribution in [0.15, 0.2) is 48.5 Å². The van der Waals surface area contributed by atoms with Gasteiger partial charge in [-0.1, -0.05) is 42.5 Å². The van der Waals surface area contributed by atoms with Gasteiger partial charge in [-0.15, -0.1) is 0 Å². The number of para-hydroxylation sites is 1. The van der Waals surface area contributed by atoms with Crippen molar-refractivity contribution in [1.82, 2.24) is 0 Å². The molecule has 4 rings (SSSR count). The minimum atomic E-state index is -0.376. The minimum absolute atomic E-state index is 0.265. The lowest BCUT2D eigenvalue weighted by Gasteiger charge is -2.31. The Balaban J connectivity index is 1.91. The Labute approximate surface area is 116 Å². The molecule has 0 bridgehead atoms. The molecule has 0 saturated heterocycles. The number of hydrogen-bond acceptors (Lipinski definition) is 2. The van der Waals surface area contributed by atoms with Crippen molar-refractivity contribution < 1.29 is 9.59 Å². The quantitative estimate of drug-likeness (QED) is 0.742. The predicted octanol–water partition coefficient (Wildman–Crippen LogP) is 2.75. The molecule has 0 aromatic heterocycles. The van der Waals surface area contributed by atoms with E-state index in [-0.39, 0.29) is 17.6 Å². The standard InChI is InChI=1S/C17H13NO2/c19-16-14-8-4-7-13-12(11-5-2-1-3-6-11)9-10-18(15(13)14)17(16)20/h1-8,12H,9-10H2. The number of nitrogens with zero attached hydrogens (tertiary/aromatic N) is 1. The Bertz CT molecular complexity index is 721. The lowest BCUT2D eigenvalue weighted by molar-refractivity contribution is -0.114. The lowest BCUT2D eigenvalue weighted by atomic mass is 9.84. The van der Waals surface area contributed by atoms with Gasteiger partial charge in [0.2, 0.25) is 0 Å². The van der Waals surface area contributed by atoms with Gasteiger partial charge in [-0.25, -0.2) is 0 Å². The van der Waals surface area contributed by atoms with Crippen molar-refractivity contribution >= 4 is 17.4 Å². The van der Waals surface area contributed by atoms with Crippen LogP contribution in [-0.4, -0.2) is 18.2 Å². The number of anilines is 1. The highest BCUT2D eigenvalue weighted by atomic mass is 16.2. The molecule has 2 aromatic carbocycles. The van der Waals surface area contributed by atoms with E-state index < -0.39 is 0 Å². The van der Waals surface area contributed by atoms with Crippen LogP contribution in [0.2, 0.25) is 0 Å². The maximum atomic E-state index is 12.0. The average molecular weight is 263 g/mol. The van der Waals surface area contributed by atoms with Crippen LogP contribution in [-0.2, 0) is 4.79 Å². The van der Waals surface area contributed by atoms with Crippen molar-refractivity contribution in [3.05, 3.63) is 65.2 Å². The number of amides is 1. The van der Waals surface area contributed by atoms with Gasteiger partial charge in [-0.3, -0.25) is 9.59 Å². The second-order valence-electron chi connectivity index (χ2n) is 5.28. The molecular weight excluding hydrogens is 250 g/mol. The summed E-state index contributed by atoms with van der Waals surface area (Å²) in [5.74, 6) is -0.476. The normalized spacial score (nSPS) is 20.2. The molecule has 3 heteroatoms. The third-order valence-electron chi connectivity index (χ3n) is 4.24. The van der Waals surface area contributed by atoms with Crippen molar-refractivity contribution in [3.63, 3.8) is 0 Å². The van der Waals surface area contributed by atoms with Crippen LogP contribution in [0, 0.1) is 0 Å². The molecular formula is C17H13NO2. The van der Waals surface area contributed by atoms with Crippen molar-refractivity contribution in [1.29, 1.82) is 0 Å². The monoisotopic (exact) mass is 263 g/mol. The molecule has 2 heterocycles. The number of rotatable bonds is 1. The Morgan fingerprint density at radius 3 is 2.55 bits per heavy atom. The van der Waals surface area contributed by atoms with Crippen LogP contribution < -0.4 is 4.90 Å². The summed E-state index contributed by atoms with van der Waals surface area (Å²) in [6.45, 7) is 0.619. The van der Waals surface area contributed by atoms with Crippen LogP contribution in [0.4, 0.5) is 5.69 Å². The highest BCUT2D eigenvalue weighted by Crippen LogP contribution is 2.44. The number of Topliss-reactive ketones (excluding diaryl/α,β-unsaturated/α-hetero) is 1. The zero-order valence-corrected chi connectivity index (χ0v) is 10.9. The van der Waals surface area contributed by atoms with Crippen LogP contribution in [0.25, 0.3) is 0 Å². The molecule has 2 aliphatic heterocycles. The third-order valence-corrected chi connectivity index (χ3v) is 4.24. The zero-order valence-electron chi connectivity index (χ0n) is 10.9. The first-order valence-electron chi connectivity index (χ1n) is 6.81. The fourth-order valence-corrected chi connectivity index (χ4v) is 3.32. The molecule has 1 unspecified atom stereocenters. The Morgan fingerprint density at radius 2 is 1.75 bits per heavy atom. The van der Waals surface area contributed by atoms with Crippen molar-refractivity contribution in [3.8, 4) is 0 Å². The molecule has 0 aliphatic carbocycles. The zero-order chi connectivity index (χ0) is 13.7. The summed E-state index contributed by atoms with van der Waals surface area (Å²) in [6, 6.07) is 15.9. The van der Waals surface area contributed by atoms with E-state index in [2.05, 4.69) is 12.1 Å². The van der Waals surface area contributed by atoms with Gasteiger partial charge in [0.25, 0.3) is 11.7 Å². The summed E-state index contributed by atoms with van der Waals surface area (Å²) < 4.78 is 0. The summed E-state index contributed by atoms with van der Waals surface area (Å²) in [5.41, 5.74) is 3.74. The first kappa shape index (κ1) is 11.4. The number of benzene rings is 2. The molecule has 0 saturated carbocycles. The van der Waals surface area contributed by atoms with Gasteiger partial charge in [0.15, 0.2) is 0 Å². The Hall–Kier alpha value is -2.42. The van der Waals surface area contributed by atoms with Crippen LogP contribution in [0.5, 0.6) is 0 Å². The molecule has 98 valence electrons. The van der Waals surface area contributed by atoms with Crippen molar-refractivity contribution in [2.24, 2.45) is 0 Å². The summed E-state index contributed by atoms with van der Waals surface area (Å²) in [7, 11) is 0. The summed E-state index contributed by atoms with van der Waals surface area (Å²) in [4.78, 5) is 25.6. The minimum Gasteiger partial charge on any atom is -0.304 e. The second-order valence-corrected chi connectivity index (χ2v) is 5.28. The summed E-state index contributed by atoms with van der Waals surface area (Å²) >= 11 is 0. The van der Waals surface area contributed by atoms with Crippen LogP contribution in [0.1, 0.15) is 33.8 Å². The first-order chi connectivity index (χ1) is 9.77. The van der Waals surface area contributed by atoms with E-state index in [1.807, 2.05) is 30.3 Å². The first-order valence-corrected chi connectivity index (χ1v) is 6.81. The van der Waals surface area contributed by atoms with Gasteiger partial charge in [-0.2, -0.15) is 0 Å². The maximum absolute atomic E-state index is 12.0. The molecule has 2 aliphatic rings. The highest BCUT2D eigenvalue weighted by molar-refractivity contribution is 6.52. The van der Waals surface area contributed by atoms with Crippen LogP contribution in [0.3, 0.4) is 0 Å². The lowest BCUT2D eigenvalue weighted by Crippen LogP contribution is -2.34. The molecule has 0 fully saturated rings. The van der Waals surface area contributed by atoms with Crippen molar-refractivity contribution in [2.75, 3.05) is 11.4 Å². The van der Waals surface area contributed by atoms with Gasteiger partial charge in [-0.05, 0) is 23.6 Å². The van der Waals surface area contributed by atoms with Gasteiger partial charge >= 0.3 is 0 Å². The predicted molar refractivity (Wildman–Crippen MR) is 76.0 cm³/mol. The van der Waals surface area contributed by atoms with E-state index in [9.17, 15) is 9.59 Å². The summed E-state index contributed by atoms with van der Waals surface area (Å²) in [6.07, 6.45) is 0.861. The van der Waals surface area contributed by atoms with E-state index in [1.165, 1.54) is 5.56 Å². The topological polar surface area (TPSA) is 37.4 Å². The van der Waals surface area contributed by atoms with Gasteiger partial charge < -0.3 is 4.90 Å². The molecule has 0 spiro atoms. The molecule has 20 heavy (non-hydrogen) atoms. The number of ketones is 1. The molecule has 0 radical (unpaired) electrons.